The van der Waals surface area contributed by atoms with Crippen LogP contribution < -0.4 is 5.32 Å². The molecule has 1 heterocycles. The Kier molecular flexibility index (Phi) is 5.32. The lowest BCUT2D eigenvalue weighted by molar-refractivity contribution is 0.0579. The quantitative estimate of drug-likeness (QED) is 0.800. The average molecular weight is 337 g/mol. The van der Waals surface area contributed by atoms with Crippen LogP contribution in [0.25, 0.3) is 0 Å². The topological polar surface area (TPSA) is 35.5 Å². The maximum atomic E-state index is 9.99. The highest BCUT2D eigenvalue weighted by atomic mass is 35.5. The summed E-state index contributed by atoms with van der Waals surface area (Å²) in [5.41, 5.74) is 1.18. The fourth-order valence-electron chi connectivity index (χ4n) is 4.21. The largest absolute Gasteiger partial charge is 0.394 e. The molecule has 2 fully saturated rings. The number of nitrogens with zero attached hydrogens (tertiary/aromatic N) is 1. The van der Waals surface area contributed by atoms with Crippen molar-refractivity contribution in [3.05, 3.63) is 34.9 Å². The molecule has 1 aromatic carbocycles. The molecule has 1 saturated carbocycles. The number of aliphatic hydroxyl groups is 1. The van der Waals surface area contributed by atoms with Gasteiger partial charge in [-0.15, -0.1) is 0 Å². The van der Waals surface area contributed by atoms with Gasteiger partial charge in [-0.25, -0.2) is 0 Å². The Labute approximate surface area is 145 Å². The van der Waals surface area contributed by atoms with E-state index >= 15 is 0 Å². The van der Waals surface area contributed by atoms with Crippen LogP contribution in [0.1, 0.15) is 44.7 Å². The van der Waals surface area contributed by atoms with E-state index in [1.54, 1.807) is 0 Å². The van der Waals surface area contributed by atoms with Gasteiger partial charge in [-0.2, -0.15) is 0 Å². The molecule has 1 saturated heterocycles. The molecule has 2 N–H and O–H groups in total. The molecule has 0 radical (unpaired) electrons. The number of likely N-dealkylation sites (tertiary alicyclic amines) is 1. The molecule has 1 aliphatic heterocycles. The van der Waals surface area contributed by atoms with Crippen molar-refractivity contribution in [3.8, 4) is 0 Å². The summed E-state index contributed by atoms with van der Waals surface area (Å²) in [5, 5.41) is 14.4. The van der Waals surface area contributed by atoms with E-state index in [4.69, 9.17) is 11.6 Å². The zero-order valence-corrected chi connectivity index (χ0v) is 15.0. The van der Waals surface area contributed by atoms with Crippen LogP contribution >= 0.6 is 11.6 Å². The molecule has 0 spiro atoms. The Morgan fingerprint density at radius 2 is 1.96 bits per heavy atom. The second-order valence-electron chi connectivity index (χ2n) is 7.50. The predicted octanol–water partition coefficient (Wildman–Crippen LogP) is 3.47. The molecule has 128 valence electrons. The van der Waals surface area contributed by atoms with Crippen molar-refractivity contribution < 1.29 is 5.11 Å². The first-order chi connectivity index (χ1) is 11.1. The molecular weight excluding hydrogens is 308 g/mol. The predicted molar refractivity (Wildman–Crippen MR) is 95.8 cm³/mol. The molecule has 3 atom stereocenters. The highest BCUT2D eigenvalue weighted by Crippen LogP contribution is 2.46. The van der Waals surface area contributed by atoms with Gasteiger partial charge in [-0.3, -0.25) is 4.90 Å². The number of nitrogens with one attached hydrogen (secondary N) is 1. The number of hydrogen-bond donors (Lipinski definition) is 2. The molecule has 2 aliphatic rings. The average Bonchev–Trinajstić information content (AvgIpc) is 3.32. The smallest absolute Gasteiger partial charge is 0.0613 e. The van der Waals surface area contributed by atoms with Gasteiger partial charge in [-0.05, 0) is 75.4 Å². The van der Waals surface area contributed by atoms with Crippen LogP contribution in [-0.4, -0.2) is 41.8 Å². The Bertz CT molecular complexity index is 517. The highest BCUT2D eigenvalue weighted by Gasteiger charge is 2.47. The number of halogens is 1. The Morgan fingerprint density at radius 1 is 1.26 bits per heavy atom. The number of likely N-dealkylation sites (N-methyl/N-ethyl adjacent to an activating group) is 1. The van der Waals surface area contributed by atoms with Gasteiger partial charge in [0.15, 0.2) is 0 Å². The standard InChI is InChI=1S/C19H29ClN2O/c1-3-22-18(15-6-8-17(20)9-7-15)16(10-19(22,2)13-23)12-21-11-14-4-5-14/h6-9,14,16,18,21,23H,3-5,10-13H2,1-2H3/t16-,18+,19+/m1/s1. The van der Waals surface area contributed by atoms with Gasteiger partial charge in [0.05, 0.1) is 6.61 Å². The van der Waals surface area contributed by atoms with Crippen LogP contribution in [0.15, 0.2) is 24.3 Å². The lowest BCUT2D eigenvalue weighted by Gasteiger charge is -2.37. The molecule has 0 bridgehead atoms. The molecule has 1 aromatic rings. The number of rotatable bonds is 7. The maximum absolute atomic E-state index is 9.99. The first-order valence-electron chi connectivity index (χ1n) is 8.91. The van der Waals surface area contributed by atoms with Crippen LogP contribution in [0.5, 0.6) is 0 Å². The molecule has 1 aliphatic carbocycles. The van der Waals surface area contributed by atoms with Crippen molar-refractivity contribution in [1.82, 2.24) is 10.2 Å². The second-order valence-corrected chi connectivity index (χ2v) is 7.94. The van der Waals surface area contributed by atoms with Crippen molar-refractivity contribution >= 4 is 11.6 Å². The van der Waals surface area contributed by atoms with Gasteiger partial charge in [0.25, 0.3) is 0 Å². The summed E-state index contributed by atoms with van der Waals surface area (Å²) in [6.45, 7) is 7.71. The molecule has 0 unspecified atom stereocenters. The molecule has 4 heteroatoms. The Balaban J connectivity index is 1.79. The van der Waals surface area contributed by atoms with Gasteiger partial charge in [0, 0.05) is 16.6 Å². The summed E-state index contributed by atoms with van der Waals surface area (Å²) >= 11 is 6.07. The maximum Gasteiger partial charge on any atom is 0.0613 e. The molecule has 3 rings (SSSR count). The first kappa shape index (κ1) is 17.2. The van der Waals surface area contributed by atoms with Crippen LogP contribution in [0.3, 0.4) is 0 Å². The third kappa shape index (κ3) is 3.74. The van der Waals surface area contributed by atoms with Crippen LogP contribution in [0.4, 0.5) is 0 Å². The fraction of sp³-hybridized carbons (Fsp3) is 0.684. The van der Waals surface area contributed by atoms with Crippen molar-refractivity contribution in [1.29, 1.82) is 0 Å². The summed E-state index contributed by atoms with van der Waals surface area (Å²) in [4.78, 5) is 2.47. The van der Waals surface area contributed by atoms with Crippen molar-refractivity contribution in [2.45, 2.75) is 44.7 Å². The van der Waals surface area contributed by atoms with E-state index in [2.05, 4.69) is 36.2 Å². The summed E-state index contributed by atoms with van der Waals surface area (Å²) in [5.74, 6) is 1.42. The van der Waals surface area contributed by atoms with Crippen LogP contribution in [-0.2, 0) is 0 Å². The van der Waals surface area contributed by atoms with Gasteiger partial charge in [0.1, 0.15) is 0 Å². The third-order valence-electron chi connectivity index (χ3n) is 5.61. The zero-order chi connectivity index (χ0) is 16.4. The lowest BCUT2D eigenvalue weighted by Crippen LogP contribution is -2.45. The van der Waals surface area contributed by atoms with E-state index in [9.17, 15) is 5.11 Å². The van der Waals surface area contributed by atoms with E-state index in [0.717, 1.165) is 37.0 Å². The summed E-state index contributed by atoms with van der Waals surface area (Å²) in [7, 11) is 0. The van der Waals surface area contributed by atoms with Gasteiger partial charge < -0.3 is 10.4 Å². The van der Waals surface area contributed by atoms with Gasteiger partial charge in [0.2, 0.25) is 0 Å². The lowest BCUT2D eigenvalue weighted by atomic mass is 9.90. The van der Waals surface area contributed by atoms with Gasteiger partial charge in [-0.1, -0.05) is 30.7 Å². The van der Waals surface area contributed by atoms with E-state index in [-0.39, 0.29) is 12.1 Å². The van der Waals surface area contributed by atoms with E-state index in [1.165, 1.54) is 18.4 Å². The third-order valence-corrected chi connectivity index (χ3v) is 5.86. The minimum Gasteiger partial charge on any atom is -0.394 e. The molecule has 0 amide bonds. The Morgan fingerprint density at radius 3 is 2.52 bits per heavy atom. The van der Waals surface area contributed by atoms with Crippen molar-refractivity contribution in [3.63, 3.8) is 0 Å². The normalized spacial score (nSPS) is 31.7. The van der Waals surface area contributed by atoms with Crippen molar-refractivity contribution in [2.24, 2.45) is 11.8 Å². The van der Waals surface area contributed by atoms with Gasteiger partial charge >= 0.3 is 0 Å². The zero-order valence-electron chi connectivity index (χ0n) is 14.3. The summed E-state index contributed by atoms with van der Waals surface area (Å²) < 4.78 is 0. The van der Waals surface area contributed by atoms with E-state index in [1.807, 2.05) is 12.1 Å². The molecule has 3 nitrogen and oxygen atoms in total. The number of aliphatic hydroxyl groups excluding tert-OH is 1. The minimum absolute atomic E-state index is 0.134. The van der Waals surface area contributed by atoms with Crippen LogP contribution in [0, 0.1) is 11.8 Å². The summed E-state index contributed by atoms with van der Waals surface area (Å²) in [6.07, 6.45) is 3.80. The van der Waals surface area contributed by atoms with Crippen molar-refractivity contribution in [2.75, 3.05) is 26.2 Å². The number of benzene rings is 1. The second kappa shape index (κ2) is 7.10. The monoisotopic (exact) mass is 336 g/mol. The Hall–Kier alpha value is -0.610. The number of hydrogen-bond acceptors (Lipinski definition) is 3. The molecular formula is C19H29ClN2O. The highest BCUT2D eigenvalue weighted by molar-refractivity contribution is 6.30. The van der Waals surface area contributed by atoms with Crippen LogP contribution in [0.2, 0.25) is 5.02 Å². The minimum atomic E-state index is -0.134. The summed E-state index contributed by atoms with van der Waals surface area (Å²) in [6, 6.07) is 8.60. The van der Waals surface area contributed by atoms with E-state index in [0.29, 0.717) is 12.0 Å². The first-order valence-corrected chi connectivity index (χ1v) is 9.29. The fourth-order valence-corrected chi connectivity index (χ4v) is 4.33. The SMILES string of the molecule is CCN1[C@@H](c2ccc(Cl)cc2)[C@@H](CNCC2CC2)C[C@@]1(C)CO. The van der Waals surface area contributed by atoms with E-state index < -0.39 is 0 Å². The molecule has 0 aromatic heterocycles. The molecule has 23 heavy (non-hydrogen) atoms.